The quantitative estimate of drug-likeness (QED) is 0.425. The molecule has 0 aliphatic carbocycles. The highest BCUT2D eigenvalue weighted by molar-refractivity contribution is 7.15. The number of esters is 1. The number of amides is 1. The Morgan fingerprint density at radius 2 is 1.84 bits per heavy atom. The summed E-state index contributed by atoms with van der Waals surface area (Å²) in [5, 5.41) is 1.92. The summed E-state index contributed by atoms with van der Waals surface area (Å²) >= 11 is 1.46. The molecule has 158 valence electrons. The van der Waals surface area contributed by atoms with E-state index in [1.807, 2.05) is 28.1 Å². The number of rotatable bonds is 6. The Kier molecular flexibility index (Phi) is 5.81. The second-order valence-electron chi connectivity index (χ2n) is 7.13. The van der Waals surface area contributed by atoms with E-state index in [4.69, 9.17) is 4.74 Å². The number of benzene rings is 2. The lowest BCUT2D eigenvalue weighted by Gasteiger charge is -2.17. The number of methoxy groups -OCH3 is 1. The predicted octanol–water partition coefficient (Wildman–Crippen LogP) is 4.19. The van der Waals surface area contributed by atoms with E-state index in [2.05, 4.69) is 4.98 Å². The van der Waals surface area contributed by atoms with E-state index in [-0.39, 0.29) is 18.1 Å². The van der Waals surface area contributed by atoms with Crippen molar-refractivity contribution in [2.24, 2.45) is 0 Å². The van der Waals surface area contributed by atoms with Crippen molar-refractivity contribution in [2.45, 2.75) is 13.0 Å². The molecule has 0 aliphatic heterocycles. The van der Waals surface area contributed by atoms with Crippen molar-refractivity contribution in [3.63, 3.8) is 0 Å². The first-order chi connectivity index (χ1) is 14.9. The maximum Gasteiger partial charge on any atom is 0.337 e. The topological polar surface area (TPSA) is 63.9 Å². The van der Waals surface area contributed by atoms with Crippen LogP contribution in [0.5, 0.6) is 0 Å². The summed E-state index contributed by atoms with van der Waals surface area (Å²) in [4.78, 5) is 31.3. The number of hydrogen-bond acceptors (Lipinski definition) is 5. The van der Waals surface area contributed by atoms with Gasteiger partial charge >= 0.3 is 5.97 Å². The molecule has 1 amide bonds. The normalized spacial score (nSPS) is 10.9. The number of thiazole rings is 1. The molecule has 0 saturated heterocycles. The first-order valence-electron chi connectivity index (χ1n) is 9.57. The molecular formula is C23H20FN3O3S. The van der Waals surface area contributed by atoms with E-state index in [1.54, 1.807) is 36.2 Å². The molecule has 0 radical (unpaired) electrons. The van der Waals surface area contributed by atoms with Crippen LogP contribution < -0.4 is 0 Å². The molecule has 0 atom stereocenters. The number of hydrogen-bond donors (Lipinski definition) is 0. The summed E-state index contributed by atoms with van der Waals surface area (Å²) in [5.74, 6) is -0.717. The SMILES string of the molecule is COC(=O)c1ccc(CN(C)C(=O)Cc2csc3nc(-c4ccc(F)cc4)cn23)cc1. The maximum absolute atomic E-state index is 13.2. The fraction of sp³-hybridized carbons (Fsp3) is 0.174. The van der Waals surface area contributed by atoms with Gasteiger partial charge in [-0.25, -0.2) is 14.2 Å². The van der Waals surface area contributed by atoms with Crippen LogP contribution in [-0.2, 0) is 22.5 Å². The first-order valence-corrected chi connectivity index (χ1v) is 10.4. The monoisotopic (exact) mass is 437 g/mol. The van der Waals surface area contributed by atoms with Crippen LogP contribution >= 0.6 is 11.3 Å². The summed E-state index contributed by atoms with van der Waals surface area (Å²) in [6.45, 7) is 0.429. The zero-order valence-corrected chi connectivity index (χ0v) is 17.9. The smallest absolute Gasteiger partial charge is 0.337 e. The highest BCUT2D eigenvalue weighted by atomic mass is 32.1. The number of nitrogens with zero attached hydrogens (tertiary/aromatic N) is 3. The molecule has 31 heavy (non-hydrogen) atoms. The van der Waals surface area contributed by atoms with Gasteiger partial charge in [-0.2, -0.15) is 0 Å². The highest BCUT2D eigenvalue weighted by Crippen LogP contribution is 2.24. The van der Waals surface area contributed by atoms with Crippen molar-refractivity contribution in [1.82, 2.24) is 14.3 Å². The van der Waals surface area contributed by atoms with E-state index in [1.165, 1.54) is 30.6 Å². The molecule has 0 bridgehead atoms. The van der Waals surface area contributed by atoms with Gasteiger partial charge in [0, 0.05) is 36.4 Å². The molecule has 4 aromatic rings. The van der Waals surface area contributed by atoms with Crippen LogP contribution in [0.25, 0.3) is 16.2 Å². The average molecular weight is 437 g/mol. The minimum absolute atomic E-state index is 0.0335. The van der Waals surface area contributed by atoms with Gasteiger partial charge in [-0.1, -0.05) is 12.1 Å². The number of likely N-dealkylation sites (N-methyl/N-ethyl adjacent to an activating group) is 1. The summed E-state index contributed by atoms with van der Waals surface area (Å²) in [7, 11) is 3.09. The fourth-order valence-corrected chi connectivity index (χ4v) is 4.11. The Balaban J connectivity index is 1.45. The maximum atomic E-state index is 13.2. The van der Waals surface area contributed by atoms with Gasteiger partial charge in [0.1, 0.15) is 5.82 Å². The van der Waals surface area contributed by atoms with Gasteiger partial charge in [0.15, 0.2) is 4.96 Å². The minimum Gasteiger partial charge on any atom is -0.465 e. The van der Waals surface area contributed by atoms with Crippen LogP contribution in [0.15, 0.2) is 60.1 Å². The number of aromatic nitrogens is 2. The fourth-order valence-electron chi connectivity index (χ4n) is 3.23. The lowest BCUT2D eigenvalue weighted by Crippen LogP contribution is -2.28. The van der Waals surface area contributed by atoms with Crippen LogP contribution in [0.4, 0.5) is 4.39 Å². The molecule has 0 saturated carbocycles. The van der Waals surface area contributed by atoms with Gasteiger partial charge in [0.05, 0.1) is 24.8 Å². The number of ether oxygens (including phenoxy) is 1. The number of halogens is 1. The van der Waals surface area contributed by atoms with Crippen LogP contribution in [0.2, 0.25) is 0 Å². The standard InChI is InChI=1S/C23H20FN3O3S/c1-26(12-15-3-5-17(6-4-15)22(29)30-2)21(28)11-19-14-31-23-25-20(13-27(19)23)16-7-9-18(24)10-8-16/h3-10,13-14H,11-12H2,1-2H3. The summed E-state index contributed by atoms with van der Waals surface area (Å²) in [6, 6.07) is 13.2. The number of carbonyl (C=O) groups excluding carboxylic acids is 2. The molecular weight excluding hydrogens is 417 g/mol. The predicted molar refractivity (Wildman–Crippen MR) is 116 cm³/mol. The van der Waals surface area contributed by atoms with Gasteiger partial charge in [-0.15, -0.1) is 11.3 Å². The Bertz CT molecular complexity index is 1230. The zero-order valence-electron chi connectivity index (χ0n) is 17.0. The van der Waals surface area contributed by atoms with Crippen molar-refractivity contribution in [1.29, 1.82) is 0 Å². The molecule has 0 spiro atoms. The van der Waals surface area contributed by atoms with Gasteiger partial charge in [-0.05, 0) is 42.0 Å². The minimum atomic E-state index is -0.391. The third-order valence-corrected chi connectivity index (χ3v) is 5.86. The molecule has 6 nitrogen and oxygen atoms in total. The molecule has 0 unspecified atom stereocenters. The number of carbonyl (C=O) groups is 2. The Labute approximate surface area is 182 Å². The lowest BCUT2D eigenvalue weighted by molar-refractivity contribution is -0.129. The molecule has 2 aromatic heterocycles. The van der Waals surface area contributed by atoms with Gasteiger partial charge in [-0.3, -0.25) is 9.20 Å². The van der Waals surface area contributed by atoms with E-state index in [0.29, 0.717) is 12.1 Å². The van der Waals surface area contributed by atoms with E-state index >= 15 is 0 Å². The summed E-state index contributed by atoms with van der Waals surface area (Å²) < 4.78 is 19.8. The van der Waals surface area contributed by atoms with Crippen molar-refractivity contribution in [2.75, 3.05) is 14.2 Å². The van der Waals surface area contributed by atoms with Crippen molar-refractivity contribution < 1.29 is 18.7 Å². The second kappa shape index (κ2) is 8.69. The van der Waals surface area contributed by atoms with E-state index in [0.717, 1.165) is 27.5 Å². The molecule has 2 heterocycles. The van der Waals surface area contributed by atoms with Gasteiger partial charge in [0.2, 0.25) is 5.91 Å². The molecule has 0 aliphatic rings. The Morgan fingerprint density at radius 3 is 2.52 bits per heavy atom. The average Bonchev–Trinajstić information content (AvgIpc) is 3.36. The lowest BCUT2D eigenvalue weighted by atomic mass is 10.1. The van der Waals surface area contributed by atoms with Crippen LogP contribution in [-0.4, -0.2) is 40.3 Å². The molecule has 0 N–H and O–H groups in total. The van der Waals surface area contributed by atoms with E-state index in [9.17, 15) is 14.0 Å². The van der Waals surface area contributed by atoms with Crippen molar-refractivity contribution in [3.05, 3.63) is 82.7 Å². The van der Waals surface area contributed by atoms with Crippen LogP contribution in [0, 0.1) is 5.82 Å². The third kappa shape index (κ3) is 4.49. The molecule has 8 heteroatoms. The van der Waals surface area contributed by atoms with Gasteiger partial charge in [0.25, 0.3) is 0 Å². The number of imidazole rings is 1. The Morgan fingerprint density at radius 1 is 1.13 bits per heavy atom. The third-order valence-electron chi connectivity index (χ3n) is 4.98. The summed E-state index contributed by atoms with van der Waals surface area (Å²) in [6.07, 6.45) is 2.10. The molecule has 4 rings (SSSR count). The number of fused-ring (bicyclic) bond motifs is 1. The largest absolute Gasteiger partial charge is 0.465 e. The van der Waals surface area contributed by atoms with E-state index < -0.39 is 5.97 Å². The highest BCUT2D eigenvalue weighted by Gasteiger charge is 2.16. The van der Waals surface area contributed by atoms with Crippen molar-refractivity contribution in [3.8, 4) is 11.3 Å². The van der Waals surface area contributed by atoms with Crippen LogP contribution in [0.3, 0.4) is 0 Å². The zero-order chi connectivity index (χ0) is 22.0. The first kappa shape index (κ1) is 20.7. The van der Waals surface area contributed by atoms with Crippen LogP contribution in [0.1, 0.15) is 21.6 Å². The molecule has 0 fully saturated rings. The second-order valence-corrected chi connectivity index (χ2v) is 7.96. The Hall–Kier alpha value is -3.52. The molecule has 2 aromatic carbocycles. The van der Waals surface area contributed by atoms with Crippen molar-refractivity contribution >= 4 is 28.2 Å². The summed E-state index contributed by atoms with van der Waals surface area (Å²) in [5.41, 5.74) is 3.79. The van der Waals surface area contributed by atoms with Gasteiger partial charge < -0.3 is 9.64 Å².